The van der Waals surface area contributed by atoms with Crippen LogP contribution in [0, 0.1) is 5.82 Å². The Hall–Kier alpha value is -1.37. The summed E-state index contributed by atoms with van der Waals surface area (Å²) in [5, 5.41) is 0. The van der Waals surface area contributed by atoms with Crippen molar-refractivity contribution in [1.82, 2.24) is 0 Å². The number of ether oxygens (including phenoxy) is 1. The third-order valence-corrected chi connectivity index (χ3v) is 3.76. The van der Waals surface area contributed by atoms with Gasteiger partial charge >= 0.3 is 5.97 Å². The predicted molar refractivity (Wildman–Crippen MR) is 85.9 cm³/mol. The van der Waals surface area contributed by atoms with Crippen LogP contribution in [-0.2, 0) is 9.53 Å². The van der Waals surface area contributed by atoms with Crippen molar-refractivity contribution in [3.8, 4) is 0 Å². The van der Waals surface area contributed by atoms with E-state index in [9.17, 15) is 9.18 Å². The molecule has 2 rings (SSSR count). The van der Waals surface area contributed by atoms with E-state index in [1.807, 2.05) is 0 Å². The SMILES string of the molecule is CCOC(=O)C1=C(c2ccc(F)cc2)SC(N)N=C1C.Cl. The lowest BCUT2D eigenvalue weighted by atomic mass is 10.1. The second-order valence-corrected chi connectivity index (χ2v) is 5.28. The van der Waals surface area contributed by atoms with Gasteiger partial charge in [-0.2, -0.15) is 0 Å². The van der Waals surface area contributed by atoms with Crippen molar-refractivity contribution in [2.24, 2.45) is 10.7 Å². The van der Waals surface area contributed by atoms with Crippen LogP contribution in [0.15, 0.2) is 34.8 Å². The van der Waals surface area contributed by atoms with Gasteiger partial charge in [-0.25, -0.2) is 9.18 Å². The summed E-state index contributed by atoms with van der Waals surface area (Å²) in [6.07, 6.45) is 0. The first-order valence-corrected chi connectivity index (χ1v) is 7.05. The standard InChI is InChI=1S/C14H15FN2O2S.ClH/c1-3-19-13(18)11-8(2)17-14(16)20-12(11)9-4-6-10(15)7-5-9;/h4-7,14H,3,16H2,1-2H3;1H. The molecule has 1 aliphatic rings. The van der Waals surface area contributed by atoms with E-state index in [0.717, 1.165) is 5.56 Å². The Balaban J connectivity index is 0.00000220. The molecule has 1 aromatic rings. The molecule has 0 saturated heterocycles. The summed E-state index contributed by atoms with van der Waals surface area (Å²) in [4.78, 5) is 16.9. The highest BCUT2D eigenvalue weighted by Gasteiger charge is 2.27. The highest BCUT2D eigenvalue weighted by molar-refractivity contribution is 8.09. The lowest BCUT2D eigenvalue weighted by Crippen LogP contribution is -2.24. The Labute approximate surface area is 133 Å². The van der Waals surface area contributed by atoms with Crippen molar-refractivity contribution in [1.29, 1.82) is 0 Å². The number of benzene rings is 1. The molecule has 7 heteroatoms. The van der Waals surface area contributed by atoms with Crippen LogP contribution in [0.1, 0.15) is 19.4 Å². The van der Waals surface area contributed by atoms with E-state index in [2.05, 4.69) is 4.99 Å². The molecule has 21 heavy (non-hydrogen) atoms. The monoisotopic (exact) mass is 330 g/mol. The zero-order chi connectivity index (χ0) is 14.7. The van der Waals surface area contributed by atoms with Crippen LogP contribution in [0.25, 0.3) is 4.91 Å². The molecule has 1 aromatic carbocycles. The average Bonchev–Trinajstić information content (AvgIpc) is 2.38. The molecule has 2 N–H and O–H groups in total. The van der Waals surface area contributed by atoms with Gasteiger partial charge in [0.25, 0.3) is 0 Å². The second-order valence-electron chi connectivity index (χ2n) is 4.15. The van der Waals surface area contributed by atoms with Gasteiger partial charge < -0.3 is 10.5 Å². The summed E-state index contributed by atoms with van der Waals surface area (Å²) < 4.78 is 18.1. The molecule has 114 valence electrons. The minimum Gasteiger partial charge on any atom is -0.462 e. The van der Waals surface area contributed by atoms with Crippen LogP contribution in [0.3, 0.4) is 0 Å². The molecule has 1 unspecified atom stereocenters. The molecule has 1 atom stereocenters. The van der Waals surface area contributed by atoms with Gasteiger partial charge in [-0.15, -0.1) is 12.4 Å². The second kappa shape index (κ2) is 7.59. The van der Waals surface area contributed by atoms with Gasteiger partial charge in [-0.3, -0.25) is 4.99 Å². The number of aliphatic imine (C=N–C) groups is 1. The van der Waals surface area contributed by atoms with E-state index in [1.165, 1.54) is 23.9 Å². The zero-order valence-electron chi connectivity index (χ0n) is 11.6. The maximum absolute atomic E-state index is 13.0. The first-order chi connectivity index (χ1) is 9.52. The number of thioether (sulfide) groups is 1. The van der Waals surface area contributed by atoms with Gasteiger partial charge in [-0.1, -0.05) is 23.9 Å². The molecule has 4 nitrogen and oxygen atoms in total. The molecule has 0 aliphatic carbocycles. The van der Waals surface area contributed by atoms with Crippen LogP contribution < -0.4 is 5.73 Å². The van der Waals surface area contributed by atoms with Gasteiger partial charge in [0.2, 0.25) is 0 Å². The van der Waals surface area contributed by atoms with Crippen LogP contribution in [0.2, 0.25) is 0 Å². The number of hydrogen-bond acceptors (Lipinski definition) is 5. The quantitative estimate of drug-likeness (QED) is 0.865. The molecule has 0 bridgehead atoms. The highest BCUT2D eigenvalue weighted by Crippen LogP contribution is 2.37. The van der Waals surface area contributed by atoms with Crippen LogP contribution >= 0.6 is 24.2 Å². The molecule has 0 aromatic heterocycles. The average molecular weight is 331 g/mol. The van der Waals surface area contributed by atoms with Crippen LogP contribution in [-0.4, -0.2) is 23.8 Å². The molecule has 1 heterocycles. The summed E-state index contributed by atoms with van der Waals surface area (Å²) in [5.74, 6) is -0.769. The highest BCUT2D eigenvalue weighted by atomic mass is 35.5. The van der Waals surface area contributed by atoms with Crippen molar-refractivity contribution in [3.05, 3.63) is 41.2 Å². The van der Waals surface area contributed by atoms with Gasteiger partial charge in [0.15, 0.2) is 0 Å². The number of halogens is 2. The van der Waals surface area contributed by atoms with Crippen molar-refractivity contribution < 1.29 is 13.9 Å². The van der Waals surface area contributed by atoms with E-state index >= 15 is 0 Å². The van der Waals surface area contributed by atoms with Gasteiger partial charge in [0.1, 0.15) is 11.3 Å². The topological polar surface area (TPSA) is 64.7 Å². The minimum atomic E-state index is -0.478. The molecular formula is C14H16ClFN2O2S. The first-order valence-electron chi connectivity index (χ1n) is 6.17. The van der Waals surface area contributed by atoms with E-state index in [0.29, 0.717) is 16.2 Å². The lowest BCUT2D eigenvalue weighted by molar-refractivity contribution is -0.137. The van der Waals surface area contributed by atoms with Crippen molar-refractivity contribution in [2.75, 3.05) is 6.61 Å². The fourth-order valence-corrected chi connectivity index (χ4v) is 2.96. The third-order valence-electron chi connectivity index (χ3n) is 2.73. The minimum absolute atomic E-state index is 0. The molecular weight excluding hydrogens is 315 g/mol. The molecule has 0 amide bonds. The fraction of sp³-hybridized carbons (Fsp3) is 0.286. The summed E-state index contributed by atoms with van der Waals surface area (Å²) >= 11 is 1.26. The number of nitrogens with zero attached hydrogens (tertiary/aromatic N) is 1. The number of carbonyl (C=O) groups is 1. The van der Waals surface area contributed by atoms with Gasteiger partial charge in [0, 0.05) is 4.91 Å². The number of esters is 1. The summed E-state index contributed by atoms with van der Waals surface area (Å²) in [6, 6.07) is 5.92. The molecule has 0 fully saturated rings. The fourth-order valence-electron chi connectivity index (χ4n) is 1.88. The van der Waals surface area contributed by atoms with Crippen molar-refractivity contribution >= 4 is 40.8 Å². The maximum Gasteiger partial charge on any atom is 0.341 e. The van der Waals surface area contributed by atoms with Crippen molar-refractivity contribution in [2.45, 2.75) is 19.3 Å². The summed E-state index contributed by atoms with van der Waals surface area (Å²) in [7, 11) is 0. The summed E-state index contributed by atoms with van der Waals surface area (Å²) in [6.45, 7) is 3.74. The normalized spacial score (nSPS) is 17.9. The number of rotatable bonds is 3. The van der Waals surface area contributed by atoms with E-state index in [4.69, 9.17) is 10.5 Å². The predicted octanol–water partition coefficient (Wildman–Crippen LogP) is 2.97. The van der Waals surface area contributed by atoms with Crippen molar-refractivity contribution in [3.63, 3.8) is 0 Å². The maximum atomic E-state index is 13.0. The zero-order valence-corrected chi connectivity index (χ0v) is 13.3. The van der Waals surface area contributed by atoms with E-state index < -0.39 is 11.5 Å². The Kier molecular flexibility index (Phi) is 6.39. The Bertz CT molecular complexity index is 587. The first kappa shape index (κ1) is 17.7. The number of carbonyl (C=O) groups excluding carboxylic acids is 1. The number of nitrogens with two attached hydrogens (primary N) is 1. The van der Waals surface area contributed by atoms with Gasteiger partial charge in [0.05, 0.1) is 17.9 Å². The van der Waals surface area contributed by atoms with Crippen LogP contribution in [0.5, 0.6) is 0 Å². The van der Waals surface area contributed by atoms with Gasteiger partial charge in [-0.05, 0) is 31.5 Å². The molecule has 0 spiro atoms. The Morgan fingerprint density at radius 3 is 2.62 bits per heavy atom. The van der Waals surface area contributed by atoms with Crippen LogP contribution in [0.4, 0.5) is 4.39 Å². The smallest absolute Gasteiger partial charge is 0.341 e. The molecule has 0 radical (unpaired) electrons. The summed E-state index contributed by atoms with van der Waals surface area (Å²) in [5.41, 5.74) is 7.01. The molecule has 0 saturated carbocycles. The lowest BCUT2D eigenvalue weighted by Gasteiger charge is -2.21. The van der Waals surface area contributed by atoms with E-state index in [1.54, 1.807) is 26.0 Å². The Morgan fingerprint density at radius 2 is 2.05 bits per heavy atom. The van der Waals surface area contributed by atoms with E-state index in [-0.39, 0.29) is 24.8 Å². The third kappa shape index (κ3) is 4.06. The largest absolute Gasteiger partial charge is 0.462 e. The molecule has 1 aliphatic heterocycles. The number of hydrogen-bond donors (Lipinski definition) is 1. The Morgan fingerprint density at radius 1 is 1.43 bits per heavy atom.